The Labute approximate surface area is 103 Å². The molecule has 0 bridgehead atoms. The molecule has 1 aromatic heterocycles. The van der Waals surface area contributed by atoms with E-state index in [0.29, 0.717) is 4.88 Å². The number of hydrogen-bond acceptors (Lipinski definition) is 3. The Morgan fingerprint density at radius 1 is 1.35 bits per heavy atom. The summed E-state index contributed by atoms with van der Waals surface area (Å²) in [5.41, 5.74) is 1.93. The van der Waals surface area contributed by atoms with E-state index in [1.165, 1.54) is 11.3 Å². The van der Waals surface area contributed by atoms with Crippen LogP contribution in [0.25, 0.3) is 11.1 Å². The number of hydrogen-bond donors (Lipinski definition) is 1. The Balaban J connectivity index is 2.48. The summed E-state index contributed by atoms with van der Waals surface area (Å²) in [7, 11) is 1.61. The van der Waals surface area contributed by atoms with Crippen molar-refractivity contribution in [2.75, 3.05) is 7.11 Å². The van der Waals surface area contributed by atoms with Crippen LogP contribution >= 0.6 is 11.3 Å². The summed E-state index contributed by atoms with van der Waals surface area (Å²) in [6.45, 7) is 1.92. The second-order valence-corrected chi connectivity index (χ2v) is 4.87. The highest BCUT2D eigenvalue weighted by molar-refractivity contribution is 7.14. The Morgan fingerprint density at radius 3 is 2.71 bits per heavy atom. The maximum absolute atomic E-state index is 10.9. The fraction of sp³-hybridized carbons (Fsp3) is 0.154. The molecule has 1 aromatic carbocycles. The lowest BCUT2D eigenvalue weighted by Gasteiger charge is -2.03. The molecule has 2 rings (SSSR count). The topological polar surface area (TPSA) is 46.5 Å². The summed E-state index contributed by atoms with van der Waals surface area (Å²) in [6, 6.07) is 9.32. The van der Waals surface area contributed by atoms with Crippen LogP contribution in [-0.2, 0) is 0 Å². The second kappa shape index (κ2) is 4.59. The van der Waals surface area contributed by atoms with Gasteiger partial charge in [0.25, 0.3) is 0 Å². The highest BCUT2D eigenvalue weighted by atomic mass is 32.1. The average Bonchev–Trinajstić information content (AvgIpc) is 2.72. The van der Waals surface area contributed by atoms with Gasteiger partial charge in [0.2, 0.25) is 0 Å². The van der Waals surface area contributed by atoms with Crippen LogP contribution in [0.3, 0.4) is 0 Å². The van der Waals surface area contributed by atoms with E-state index in [9.17, 15) is 4.79 Å². The zero-order chi connectivity index (χ0) is 12.4. The van der Waals surface area contributed by atoms with Crippen LogP contribution in [0.4, 0.5) is 0 Å². The largest absolute Gasteiger partial charge is 0.497 e. The van der Waals surface area contributed by atoms with E-state index < -0.39 is 5.97 Å². The molecule has 4 heteroatoms. The van der Waals surface area contributed by atoms with Crippen LogP contribution in [0.2, 0.25) is 0 Å². The molecule has 0 amide bonds. The van der Waals surface area contributed by atoms with Crippen molar-refractivity contribution in [3.63, 3.8) is 0 Å². The van der Waals surface area contributed by atoms with Crippen molar-refractivity contribution in [2.24, 2.45) is 0 Å². The lowest BCUT2D eigenvalue weighted by molar-refractivity contribution is 0.0702. The summed E-state index contributed by atoms with van der Waals surface area (Å²) >= 11 is 1.29. The first kappa shape index (κ1) is 11.7. The second-order valence-electron chi connectivity index (χ2n) is 3.62. The zero-order valence-electron chi connectivity index (χ0n) is 9.56. The normalized spacial score (nSPS) is 10.2. The number of thiophene rings is 1. The quantitative estimate of drug-likeness (QED) is 0.905. The number of carbonyl (C=O) groups is 1. The van der Waals surface area contributed by atoms with Crippen molar-refractivity contribution < 1.29 is 14.6 Å². The molecule has 0 saturated heterocycles. The summed E-state index contributed by atoms with van der Waals surface area (Å²) in [4.78, 5) is 12.3. The molecule has 0 unspecified atom stereocenters. The zero-order valence-corrected chi connectivity index (χ0v) is 10.4. The maximum Gasteiger partial charge on any atom is 0.345 e. The third kappa shape index (κ3) is 2.31. The lowest BCUT2D eigenvalue weighted by atomic mass is 10.1. The Bertz CT molecular complexity index is 558. The first-order chi connectivity index (χ1) is 8.11. The lowest BCUT2D eigenvalue weighted by Crippen LogP contribution is -1.90. The van der Waals surface area contributed by atoms with E-state index in [1.54, 1.807) is 13.2 Å². The first-order valence-electron chi connectivity index (χ1n) is 5.10. The molecule has 0 radical (unpaired) electrons. The minimum atomic E-state index is -0.882. The van der Waals surface area contributed by atoms with Gasteiger partial charge in [-0.15, -0.1) is 11.3 Å². The minimum absolute atomic E-state index is 0.361. The van der Waals surface area contributed by atoms with Gasteiger partial charge in [-0.05, 0) is 36.2 Å². The van der Waals surface area contributed by atoms with Crippen molar-refractivity contribution in [2.45, 2.75) is 6.92 Å². The van der Waals surface area contributed by atoms with Gasteiger partial charge in [0.1, 0.15) is 10.6 Å². The highest BCUT2D eigenvalue weighted by Gasteiger charge is 2.12. The number of aromatic carboxylic acids is 1. The molecule has 0 atom stereocenters. The molecule has 0 spiro atoms. The molecule has 88 valence electrons. The monoisotopic (exact) mass is 248 g/mol. The maximum atomic E-state index is 10.9. The molecular weight excluding hydrogens is 236 g/mol. The molecule has 0 aliphatic rings. The first-order valence-corrected chi connectivity index (χ1v) is 5.91. The van der Waals surface area contributed by atoms with Gasteiger partial charge in [-0.2, -0.15) is 0 Å². The van der Waals surface area contributed by atoms with E-state index in [-0.39, 0.29) is 0 Å². The number of aryl methyl sites for hydroxylation is 1. The summed E-state index contributed by atoms with van der Waals surface area (Å²) in [5.74, 6) is -0.114. The molecule has 2 aromatic rings. The Hall–Kier alpha value is -1.81. The van der Waals surface area contributed by atoms with Crippen LogP contribution in [0.5, 0.6) is 5.75 Å². The number of benzene rings is 1. The van der Waals surface area contributed by atoms with Crippen LogP contribution < -0.4 is 4.74 Å². The number of carboxylic acid groups (broad SMARTS) is 1. The average molecular weight is 248 g/mol. The summed E-state index contributed by atoms with van der Waals surface area (Å²) in [5, 5.41) is 8.96. The molecule has 0 aliphatic carbocycles. The molecular formula is C13H12O3S. The predicted molar refractivity (Wildman–Crippen MR) is 68.0 cm³/mol. The SMILES string of the molecule is COc1cccc(-c2cc(C(=O)O)sc2C)c1. The van der Waals surface area contributed by atoms with Crippen molar-refractivity contribution >= 4 is 17.3 Å². The number of ether oxygens (including phenoxy) is 1. The van der Waals surface area contributed by atoms with Crippen LogP contribution in [0.15, 0.2) is 30.3 Å². The van der Waals surface area contributed by atoms with Crippen LogP contribution in [-0.4, -0.2) is 18.2 Å². The van der Waals surface area contributed by atoms with Crippen molar-refractivity contribution in [1.29, 1.82) is 0 Å². The number of carboxylic acids is 1. The highest BCUT2D eigenvalue weighted by Crippen LogP contribution is 2.32. The van der Waals surface area contributed by atoms with Gasteiger partial charge in [0.15, 0.2) is 0 Å². The van der Waals surface area contributed by atoms with Crippen molar-refractivity contribution in [3.05, 3.63) is 40.1 Å². The fourth-order valence-corrected chi connectivity index (χ4v) is 2.55. The molecule has 17 heavy (non-hydrogen) atoms. The third-order valence-electron chi connectivity index (χ3n) is 2.51. The molecule has 0 saturated carbocycles. The molecule has 3 nitrogen and oxygen atoms in total. The van der Waals surface area contributed by atoms with Crippen LogP contribution in [0.1, 0.15) is 14.5 Å². The minimum Gasteiger partial charge on any atom is -0.497 e. The third-order valence-corrected chi connectivity index (χ3v) is 3.55. The van der Waals surface area contributed by atoms with E-state index in [0.717, 1.165) is 21.8 Å². The standard InChI is InChI=1S/C13H12O3S/c1-8-11(7-12(17-8)13(14)15)9-4-3-5-10(6-9)16-2/h3-7H,1-2H3,(H,14,15). The molecule has 0 fully saturated rings. The number of methoxy groups -OCH3 is 1. The van der Waals surface area contributed by atoms with Crippen LogP contribution in [0, 0.1) is 6.92 Å². The van der Waals surface area contributed by atoms with Gasteiger partial charge >= 0.3 is 5.97 Å². The summed E-state index contributed by atoms with van der Waals surface area (Å²) in [6.07, 6.45) is 0. The van der Waals surface area contributed by atoms with Crippen molar-refractivity contribution in [1.82, 2.24) is 0 Å². The van der Waals surface area contributed by atoms with Gasteiger partial charge in [-0.1, -0.05) is 12.1 Å². The molecule has 0 aliphatic heterocycles. The van der Waals surface area contributed by atoms with Crippen molar-refractivity contribution in [3.8, 4) is 16.9 Å². The summed E-state index contributed by atoms with van der Waals surface area (Å²) < 4.78 is 5.16. The van der Waals surface area contributed by atoms with Gasteiger partial charge in [0.05, 0.1) is 7.11 Å². The number of rotatable bonds is 3. The van der Waals surface area contributed by atoms with E-state index in [2.05, 4.69) is 0 Å². The van der Waals surface area contributed by atoms with E-state index in [1.807, 2.05) is 31.2 Å². The fourth-order valence-electron chi connectivity index (χ4n) is 1.66. The van der Waals surface area contributed by atoms with Gasteiger partial charge < -0.3 is 9.84 Å². The van der Waals surface area contributed by atoms with E-state index >= 15 is 0 Å². The van der Waals surface area contributed by atoms with Gasteiger partial charge in [-0.25, -0.2) is 4.79 Å². The smallest absolute Gasteiger partial charge is 0.345 e. The van der Waals surface area contributed by atoms with E-state index in [4.69, 9.17) is 9.84 Å². The molecule has 1 heterocycles. The predicted octanol–water partition coefficient (Wildman–Crippen LogP) is 3.43. The molecule has 1 N–H and O–H groups in total. The Kier molecular flexibility index (Phi) is 3.15. The van der Waals surface area contributed by atoms with Gasteiger partial charge in [0, 0.05) is 4.88 Å². The van der Waals surface area contributed by atoms with Gasteiger partial charge in [-0.3, -0.25) is 0 Å². The Morgan fingerprint density at radius 2 is 2.12 bits per heavy atom.